The second-order valence-corrected chi connectivity index (χ2v) is 5.14. The van der Waals surface area contributed by atoms with Crippen molar-refractivity contribution in [1.29, 1.82) is 0 Å². The SMILES string of the molecule is CC/C=C(/C)C1(CCCN)CCCC1C. The van der Waals surface area contributed by atoms with Crippen LogP contribution in [0.2, 0.25) is 0 Å². The molecule has 0 radical (unpaired) electrons. The van der Waals surface area contributed by atoms with Gasteiger partial charge in [0.05, 0.1) is 0 Å². The van der Waals surface area contributed by atoms with Gasteiger partial charge in [0.2, 0.25) is 0 Å². The van der Waals surface area contributed by atoms with Crippen molar-refractivity contribution in [3.05, 3.63) is 11.6 Å². The fourth-order valence-electron chi connectivity index (χ4n) is 3.33. The molecule has 1 aliphatic carbocycles. The highest BCUT2D eigenvalue weighted by atomic mass is 14.5. The molecule has 0 bridgehead atoms. The molecule has 0 aromatic rings. The lowest BCUT2D eigenvalue weighted by molar-refractivity contribution is 0.246. The van der Waals surface area contributed by atoms with Gasteiger partial charge in [-0.05, 0) is 56.9 Å². The summed E-state index contributed by atoms with van der Waals surface area (Å²) in [6.07, 6.45) is 10.3. The Morgan fingerprint density at radius 2 is 2.27 bits per heavy atom. The van der Waals surface area contributed by atoms with Crippen LogP contribution < -0.4 is 5.73 Å². The minimum absolute atomic E-state index is 0.495. The Morgan fingerprint density at radius 3 is 2.73 bits per heavy atom. The summed E-state index contributed by atoms with van der Waals surface area (Å²) in [5.74, 6) is 0.854. The van der Waals surface area contributed by atoms with E-state index in [4.69, 9.17) is 5.73 Å². The lowest BCUT2D eigenvalue weighted by Gasteiger charge is -2.35. The number of hydrogen-bond acceptors (Lipinski definition) is 1. The molecule has 0 aliphatic heterocycles. The maximum absolute atomic E-state index is 5.67. The lowest BCUT2D eigenvalue weighted by Crippen LogP contribution is -2.26. The molecule has 1 rings (SSSR count). The lowest BCUT2D eigenvalue weighted by atomic mass is 9.69. The number of nitrogens with two attached hydrogens (primary N) is 1. The Hall–Kier alpha value is -0.300. The molecule has 88 valence electrons. The van der Waals surface area contributed by atoms with Gasteiger partial charge in [-0.2, -0.15) is 0 Å². The maximum Gasteiger partial charge on any atom is -0.00648 e. The van der Waals surface area contributed by atoms with E-state index in [0.717, 1.165) is 12.5 Å². The highest BCUT2D eigenvalue weighted by molar-refractivity contribution is 5.16. The van der Waals surface area contributed by atoms with Crippen LogP contribution in [0.15, 0.2) is 11.6 Å². The first-order valence-electron chi connectivity index (χ1n) is 6.54. The van der Waals surface area contributed by atoms with Gasteiger partial charge in [-0.1, -0.05) is 31.9 Å². The number of allylic oxidation sites excluding steroid dienone is 2. The van der Waals surface area contributed by atoms with Crippen LogP contribution in [0.5, 0.6) is 0 Å². The molecule has 0 aromatic heterocycles. The number of rotatable bonds is 5. The minimum Gasteiger partial charge on any atom is -0.330 e. The molecular weight excluding hydrogens is 182 g/mol. The van der Waals surface area contributed by atoms with Gasteiger partial charge in [-0.15, -0.1) is 0 Å². The maximum atomic E-state index is 5.67. The summed E-state index contributed by atoms with van der Waals surface area (Å²) in [5.41, 5.74) is 7.79. The Kier molecular flexibility index (Phi) is 4.85. The molecule has 15 heavy (non-hydrogen) atoms. The van der Waals surface area contributed by atoms with Gasteiger partial charge in [-0.25, -0.2) is 0 Å². The summed E-state index contributed by atoms with van der Waals surface area (Å²) in [5, 5.41) is 0. The minimum atomic E-state index is 0.495. The van der Waals surface area contributed by atoms with E-state index in [1.54, 1.807) is 5.57 Å². The first-order chi connectivity index (χ1) is 7.17. The third-order valence-electron chi connectivity index (χ3n) is 4.33. The molecule has 1 heteroatoms. The predicted molar refractivity (Wildman–Crippen MR) is 67.8 cm³/mol. The highest BCUT2D eigenvalue weighted by Crippen LogP contribution is 2.51. The van der Waals surface area contributed by atoms with Gasteiger partial charge >= 0.3 is 0 Å². The van der Waals surface area contributed by atoms with E-state index < -0.39 is 0 Å². The van der Waals surface area contributed by atoms with Crippen LogP contribution in [-0.2, 0) is 0 Å². The molecule has 2 unspecified atom stereocenters. The number of hydrogen-bond donors (Lipinski definition) is 1. The third kappa shape index (κ3) is 2.63. The van der Waals surface area contributed by atoms with Crippen LogP contribution in [0, 0.1) is 11.3 Å². The first kappa shape index (κ1) is 12.8. The van der Waals surface area contributed by atoms with Crippen molar-refractivity contribution in [2.24, 2.45) is 17.1 Å². The van der Waals surface area contributed by atoms with Crippen LogP contribution in [0.25, 0.3) is 0 Å². The van der Waals surface area contributed by atoms with E-state index in [0.29, 0.717) is 5.41 Å². The molecule has 1 saturated carbocycles. The van der Waals surface area contributed by atoms with E-state index in [-0.39, 0.29) is 0 Å². The smallest absolute Gasteiger partial charge is 0.00648 e. The summed E-state index contributed by atoms with van der Waals surface area (Å²) in [4.78, 5) is 0. The molecule has 1 fully saturated rings. The summed E-state index contributed by atoms with van der Waals surface area (Å²) in [6, 6.07) is 0. The summed E-state index contributed by atoms with van der Waals surface area (Å²) < 4.78 is 0. The van der Waals surface area contributed by atoms with Crippen molar-refractivity contribution in [2.75, 3.05) is 6.54 Å². The zero-order valence-electron chi connectivity index (χ0n) is 10.7. The van der Waals surface area contributed by atoms with Crippen LogP contribution >= 0.6 is 0 Å². The zero-order valence-corrected chi connectivity index (χ0v) is 10.7. The van der Waals surface area contributed by atoms with Gasteiger partial charge in [0, 0.05) is 0 Å². The van der Waals surface area contributed by atoms with E-state index in [1.807, 2.05) is 0 Å². The Bertz CT molecular complexity index is 219. The fourth-order valence-corrected chi connectivity index (χ4v) is 3.33. The van der Waals surface area contributed by atoms with Gasteiger partial charge in [0.25, 0.3) is 0 Å². The van der Waals surface area contributed by atoms with Gasteiger partial charge in [0.15, 0.2) is 0 Å². The average molecular weight is 209 g/mol. The molecule has 0 aromatic carbocycles. The molecule has 0 heterocycles. The van der Waals surface area contributed by atoms with Crippen molar-refractivity contribution in [3.8, 4) is 0 Å². The van der Waals surface area contributed by atoms with Crippen molar-refractivity contribution < 1.29 is 0 Å². The zero-order chi connectivity index (χ0) is 11.3. The molecular formula is C14H27N. The second-order valence-electron chi connectivity index (χ2n) is 5.14. The van der Waals surface area contributed by atoms with Gasteiger partial charge in [0.1, 0.15) is 0 Å². The van der Waals surface area contributed by atoms with Gasteiger partial charge in [-0.3, -0.25) is 0 Å². The van der Waals surface area contributed by atoms with Crippen LogP contribution in [0.4, 0.5) is 0 Å². The first-order valence-corrected chi connectivity index (χ1v) is 6.54. The Morgan fingerprint density at radius 1 is 1.53 bits per heavy atom. The molecule has 1 nitrogen and oxygen atoms in total. The largest absolute Gasteiger partial charge is 0.330 e. The topological polar surface area (TPSA) is 26.0 Å². The van der Waals surface area contributed by atoms with E-state index >= 15 is 0 Å². The fraction of sp³-hybridized carbons (Fsp3) is 0.857. The van der Waals surface area contributed by atoms with Crippen molar-refractivity contribution in [2.45, 2.75) is 59.3 Å². The highest BCUT2D eigenvalue weighted by Gasteiger charge is 2.40. The summed E-state index contributed by atoms with van der Waals surface area (Å²) in [7, 11) is 0. The molecule has 0 amide bonds. The monoisotopic (exact) mass is 209 g/mol. The third-order valence-corrected chi connectivity index (χ3v) is 4.33. The van der Waals surface area contributed by atoms with Gasteiger partial charge < -0.3 is 5.73 Å². The average Bonchev–Trinajstić information content (AvgIpc) is 2.58. The molecule has 0 saturated heterocycles. The Balaban J connectivity index is 2.80. The predicted octanol–water partition coefficient (Wildman–Crippen LogP) is 3.89. The van der Waals surface area contributed by atoms with E-state index in [1.165, 1.54) is 38.5 Å². The summed E-state index contributed by atoms with van der Waals surface area (Å²) in [6.45, 7) is 7.84. The van der Waals surface area contributed by atoms with Crippen LogP contribution in [0.1, 0.15) is 59.3 Å². The standard InChI is InChI=1S/C14H27N/c1-4-7-12(2)14(10-6-11-15)9-5-8-13(14)3/h7,13H,4-6,8-11,15H2,1-3H3/b12-7-. The second kappa shape index (κ2) is 5.69. The van der Waals surface area contributed by atoms with E-state index in [9.17, 15) is 0 Å². The molecule has 2 atom stereocenters. The molecule has 1 aliphatic rings. The van der Waals surface area contributed by atoms with Crippen molar-refractivity contribution in [3.63, 3.8) is 0 Å². The van der Waals surface area contributed by atoms with Crippen LogP contribution in [-0.4, -0.2) is 6.54 Å². The van der Waals surface area contributed by atoms with Crippen LogP contribution in [0.3, 0.4) is 0 Å². The Labute approximate surface area is 95.1 Å². The van der Waals surface area contributed by atoms with Crippen molar-refractivity contribution in [1.82, 2.24) is 0 Å². The summed E-state index contributed by atoms with van der Waals surface area (Å²) >= 11 is 0. The van der Waals surface area contributed by atoms with Crippen molar-refractivity contribution >= 4 is 0 Å². The van der Waals surface area contributed by atoms with E-state index in [2.05, 4.69) is 26.8 Å². The molecule has 2 N–H and O–H groups in total. The normalized spacial score (nSPS) is 32.3. The quantitative estimate of drug-likeness (QED) is 0.683. The molecule has 0 spiro atoms.